The molecule has 5 rings (SSSR count). The van der Waals surface area contributed by atoms with Crippen LogP contribution in [0.15, 0.2) is 36.8 Å². The molecule has 1 aromatic carbocycles. The fourth-order valence-electron chi connectivity index (χ4n) is 5.12. The lowest BCUT2D eigenvalue weighted by atomic mass is 9.77. The van der Waals surface area contributed by atoms with E-state index < -0.39 is 5.41 Å². The van der Waals surface area contributed by atoms with Gasteiger partial charge in [0.25, 0.3) is 5.91 Å². The van der Waals surface area contributed by atoms with E-state index in [1.54, 1.807) is 18.0 Å². The summed E-state index contributed by atoms with van der Waals surface area (Å²) in [6.45, 7) is 3.70. The molecule has 0 unspecified atom stereocenters. The van der Waals surface area contributed by atoms with E-state index in [-0.39, 0.29) is 11.8 Å². The van der Waals surface area contributed by atoms with Gasteiger partial charge >= 0.3 is 0 Å². The van der Waals surface area contributed by atoms with Crippen LogP contribution in [-0.4, -0.2) is 63.4 Å². The average Bonchev–Trinajstić information content (AvgIpc) is 3.54. The summed E-state index contributed by atoms with van der Waals surface area (Å²) in [6.07, 6.45) is 7.55. The molecule has 33 heavy (non-hydrogen) atoms. The SMILES string of the molecule is COc1cc(N2CCC3(CCN(C(=O)c4nn(C)cc4C)CC3)C2=O)ccc1-c1cn[nH]c1. The number of nitrogens with one attached hydrogen (secondary N) is 1. The van der Waals surface area contributed by atoms with Gasteiger partial charge in [0, 0.05) is 67.5 Å². The minimum absolute atomic E-state index is 0.0511. The third-order valence-electron chi connectivity index (χ3n) is 7.04. The molecule has 2 aliphatic rings. The van der Waals surface area contributed by atoms with Crippen molar-refractivity contribution in [2.75, 3.05) is 31.6 Å². The molecule has 2 saturated heterocycles. The maximum atomic E-state index is 13.6. The van der Waals surface area contributed by atoms with Gasteiger partial charge in [0.15, 0.2) is 5.69 Å². The molecule has 4 heterocycles. The number of rotatable bonds is 4. The molecule has 9 nitrogen and oxygen atoms in total. The number of hydrogen-bond donors (Lipinski definition) is 1. The molecule has 2 fully saturated rings. The molecular weight excluding hydrogens is 420 g/mol. The number of carbonyl (C=O) groups is 2. The van der Waals surface area contributed by atoms with Crippen LogP contribution in [0, 0.1) is 12.3 Å². The fraction of sp³-hybridized carbons (Fsp3) is 0.417. The van der Waals surface area contributed by atoms with Crippen molar-refractivity contribution in [2.24, 2.45) is 12.5 Å². The number of benzene rings is 1. The van der Waals surface area contributed by atoms with Crippen LogP contribution in [0.4, 0.5) is 5.69 Å². The number of aromatic amines is 1. The maximum absolute atomic E-state index is 13.6. The number of aryl methyl sites for hydroxylation is 2. The van der Waals surface area contributed by atoms with Crippen LogP contribution < -0.4 is 9.64 Å². The first-order valence-corrected chi connectivity index (χ1v) is 11.2. The average molecular weight is 449 g/mol. The van der Waals surface area contributed by atoms with Crippen molar-refractivity contribution in [3.05, 3.63) is 48.0 Å². The Morgan fingerprint density at radius 3 is 2.58 bits per heavy atom. The highest BCUT2D eigenvalue weighted by molar-refractivity contribution is 6.01. The summed E-state index contributed by atoms with van der Waals surface area (Å²) in [5.41, 5.74) is 3.66. The molecular formula is C24H28N6O3. The highest BCUT2D eigenvalue weighted by atomic mass is 16.5. The molecule has 3 aromatic rings. The van der Waals surface area contributed by atoms with Crippen molar-refractivity contribution < 1.29 is 14.3 Å². The molecule has 0 saturated carbocycles. The molecule has 2 aromatic heterocycles. The Labute approximate surface area is 192 Å². The Hall–Kier alpha value is -3.62. The summed E-state index contributed by atoms with van der Waals surface area (Å²) < 4.78 is 7.27. The summed E-state index contributed by atoms with van der Waals surface area (Å²) in [5.74, 6) is 0.792. The Morgan fingerprint density at radius 1 is 1.18 bits per heavy atom. The molecule has 1 spiro atoms. The van der Waals surface area contributed by atoms with Gasteiger partial charge in [-0.1, -0.05) is 0 Å². The topological polar surface area (TPSA) is 96.3 Å². The van der Waals surface area contributed by atoms with Crippen molar-refractivity contribution in [3.63, 3.8) is 0 Å². The number of hydrogen-bond acceptors (Lipinski definition) is 5. The molecule has 1 N–H and O–H groups in total. The van der Waals surface area contributed by atoms with E-state index >= 15 is 0 Å². The second-order valence-corrected chi connectivity index (χ2v) is 8.99. The van der Waals surface area contributed by atoms with Gasteiger partial charge in [0.05, 0.1) is 18.7 Å². The highest BCUT2D eigenvalue weighted by Crippen LogP contribution is 2.44. The van der Waals surface area contributed by atoms with Gasteiger partial charge in [0.1, 0.15) is 5.75 Å². The second-order valence-electron chi connectivity index (χ2n) is 8.99. The molecule has 0 aliphatic carbocycles. The van der Waals surface area contributed by atoms with Crippen LogP contribution >= 0.6 is 0 Å². The number of methoxy groups -OCH3 is 1. The summed E-state index contributed by atoms with van der Waals surface area (Å²) in [7, 11) is 3.45. The Bertz CT molecular complexity index is 1190. The van der Waals surface area contributed by atoms with Gasteiger partial charge in [-0.3, -0.25) is 19.4 Å². The molecule has 0 radical (unpaired) electrons. The van der Waals surface area contributed by atoms with Crippen molar-refractivity contribution in [1.29, 1.82) is 0 Å². The van der Waals surface area contributed by atoms with Gasteiger partial charge in [-0.25, -0.2) is 0 Å². The van der Waals surface area contributed by atoms with E-state index in [1.165, 1.54) is 0 Å². The number of aromatic nitrogens is 4. The first-order valence-electron chi connectivity index (χ1n) is 11.2. The van der Waals surface area contributed by atoms with Crippen LogP contribution in [0.3, 0.4) is 0 Å². The zero-order valence-electron chi connectivity index (χ0n) is 19.2. The van der Waals surface area contributed by atoms with E-state index in [4.69, 9.17) is 4.74 Å². The number of ether oxygens (including phenoxy) is 1. The second kappa shape index (κ2) is 8.06. The van der Waals surface area contributed by atoms with Crippen LogP contribution in [0.5, 0.6) is 5.75 Å². The number of H-pyrrole nitrogens is 1. The minimum atomic E-state index is -0.410. The summed E-state index contributed by atoms with van der Waals surface area (Å²) in [5, 5.41) is 11.1. The van der Waals surface area contributed by atoms with Crippen molar-refractivity contribution in [1.82, 2.24) is 24.9 Å². The quantitative estimate of drug-likeness (QED) is 0.662. The third-order valence-corrected chi connectivity index (χ3v) is 7.04. The first-order chi connectivity index (χ1) is 15.9. The van der Waals surface area contributed by atoms with E-state index in [2.05, 4.69) is 15.3 Å². The Morgan fingerprint density at radius 2 is 1.94 bits per heavy atom. The van der Waals surface area contributed by atoms with Crippen LogP contribution in [0.25, 0.3) is 11.1 Å². The summed E-state index contributed by atoms with van der Waals surface area (Å²) in [6, 6.07) is 5.85. The normalized spacial score (nSPS) is 17.7. The van der Waals surface area contributed by atoms with E-state index in [9.17, 15) is 9.59 Å². The Kier molecular flexibility index (Phi) is 5.19. The first kappa shape index (κ1) is 21.2. The standard InChI is InChI=1S/C24H28N6O3/c1-16-15-28(2)27-21(16)22(31)29-9-6-24(7-10-29)8-11-30(23(24)32)18-4-5-19(20(12-18)33-3)17-13-25-26-14-17/h4-5,12-15H,6-11H2,1-3H3,(H,25,26). The third kappa shape index (κ3) is 3.57. The van der Waals surface area contributed by atoms with E-state index in [0.29, 0.717) is 43.9 Å². The van der Waals surface area contributed by atoms with Crippen LogP contribution in [0.2, 0.25) is 0 Å². The zero-order chi connectivity index (χ0) is 23.2. The number of carbonyl (C=O) groups excluding carboxylic acids is 2. The van der Waals surface area contributed by atoms with Crippen LogP contribution in [0.1, 0.15) is 35.3 Å². The molecule has 0 bridgehead atoms. The summed E-state index contributed by atoms with van der Waals surface area (Å²) in [4.78, 5) is 30.2. The monoisotopic (exact) mass is 448 g/mol. The lowest BCUT2D eigenvalue weighted by Gasteiger charge is -2.37. The molecule has 172 valence electrons. The molecule has 2 amide bonds. The largest absolute Gasteiger partial charge is 0.496 e. The number of piperidine rings is 1. The smallest absolute Gasteiger partial charge is 0.274 e. The number of nitrogens with zero attached hydrogens (tertiary/aromatic N) is 5. The summed E-state index contributed by atoms with van der Waals surface area (Å²) >= 11 is 0. The predicted octanol–water partition coefficient (Wildman–Crippen LogP) is 2.79. The van der Waals surface area contributed by atoms with Crippen molar-refractivity contribution in [2.45, 2.75) is 26.2 Å². The highest BCUT2D eigenvalue weighted by Gasteiger charge is 2.49. The lowest BCUT2D eigenvalue weighted by Crippen LogP contribution is -2.47. The zero-order valence-corrected chi connectivity index (χ0v) is 19.2. The fourth-order valence-corrected chi connectivity index (χ4v) is 5.12. The van der Waals surface area contributed by atoms with Crippen LogP contribution in [-0.2, 0) is 11.8 Å². The molecule has 9 heteroatoms. The van der Waals surface area contributed by atoms with Gasteiger partial charge in [0.2, 0.25) is 5.91 Å². The predicted molar refractivity (Wildman–Crippen MR) is 123 cm³/mol. The maximum Gasteiger partial charge on any atom is 0.274 e. The number of likely N-dealkylation sites (tertiary alicyclic amines) is 1. The number of anilines is 1. The van der Waals surface area contributed by atoms with Crippen molar-refractivity contribution >= 4 is 17.5 Å². The lowest BCUT2D eigenvalue weighted by molar-refractivity contribution is -0.127. The van der Waals surface area contributed by atoms with Crippen molar-refractivity contribution in [3.8, 4) is 16.9 Å². The van der Waals surface area contributed by atoms with Gasteiger partial charge in [-0.2, -0.15) is 10.2 Å². The van der Waals surface area contributed by atoms with Gasteiger partial charge < -0.3 is 14.5 Å². The minimum Gasteiger partial charge on any atom is -0.496 e. The van der Waals surface area contributed by atoms with E-state index in [0.717, 1.165) is 28.8 Å². The van der Waals surface area contributed by atoms with E-state index in [1.807, 2.05) is 54.4 Å². The van der Waals surface area contributed by atoms with Gasteiger partial charge in [-0.05, 0) is 38.3 Å². The Balaban J connectivity index is 1.31. The molecule has 2 aliphatic heterocycles. The number of amides is 2. The molecule has 0 atom stereocenters. The van der Waals surface area contributed by atoms with Gasteiger partial charge in [-0.15, -0.1) is 0 Å².